The molecule has 0 bridgehead atoms. The zero-order chi connectivity index (χ0) is 11.0. The largest absolute Gasteiger partial charge is 0.481 e. The molecule has 2 unspecified atom stereocenters. The predicted molar refractivity (Wildman–Crippen MR) is 57.7 cm³/mol. The molecule has 0 aromatic rings. The number of hydrogen-bond acceptors (Lipinski definition) is 3. The van der Waals surface area contributed by atoms with Crippen molar-refractivity contribution in [2.24, 2.45) is 11.8 Å². The van der Waals surface area contributed by atoms with E-state index in [0.29, 0.717) is 11.7 Å². The maximum Gasteiger partial charge on any atom is 0.307 e. The summed E-state index contributed by atoms with van der Waals surface area (Å²) in [5.41, 5.74) is 0. The molecule has 2 fully saturated rings. The Bertz CT molecular complexity index is 294. The molecule has 2 rings (SSSR count). The van der Waals surface area contributed by atoms with E-state index in [1.165, 1.54) is 0 Å². The molecule has 4 atom stereocenters. The molecule has 2 N–H and O–H groups in total. The van der Waals surface area contributed by atoms with Crippen molar-refractivity contribution in [1.29, 1.82) is 0 Å². The molecule has 0 aromatic carbocycles. The van der Waals surface area contributed by atoms with E-state index in [1.54, 1.807) is 0 Å². The molecule has 1 amide bonds. The molecular formula is C10H15NO3S. The van der Waals surface area contributed by atoms with E-state index in [1.807, 2.05) is 11.8 Å². The molecule has 15 heavy (non-hydrogen) atoms. The van der Waals surface area contributed by atoms with Gasteiger partial charge in [0.05, 0.1) is 11.8 Å². The van der Waals surface area contributed by atoms with Crippen LogP contribution < -0.4 is 5.32 Å². The predicted octanol–water partition coefficient (Wildman–Crippen LogP) is 0.717. The average molecular weight is 229 g/mol. The maximum absolute atomic E-state index is 11.6. The van der Waals surface area contributed by atoms with Crippen LogP contribution in [0.4, 0.5) is 0 Å². The van der Waals surface area contributed by atoms with Crippen molar-refractivity contribution in [3.05, 3.63) is 0 Å². The lowest BCUT2D eigenvalue weighted by Crippen LogP contribution is -2.36. The van der Waals surface area contributed by atoms with Gasteiger partial charge in [-0.15, -0.1) is 0 Å². The number of amides is 1. The third kappa shape index (κ3) is 2.45. The molecule has 1 saturated heterocycles. The van der Waals surface area contributed by atoms with Crippen molar-refractivity contribution in [2.75, 3.05) is 5.75 Å². The molecule has 0 aromatic heterocycles. The summed E-state index contributed by atoms with van der Waals surface area (Å²) in [4.78, 5) is 22.2. The van der Waals surface area contributed by atoms with E-state index in [4.69, 9.17) is 5.11 Å². The van der Waals surface area contributed by atoms with Crippen molar-refractivity contribution in [3.63, 3.8) is 0 Å². The van der Waals surface area contributed by atoms with E-state index in [9.17, 15) is 9.59 Å². The fourth-order valence-electron chi connectivity index (χ4n) is 1.98. The highest BCUT2D eigenvalue weighted by Gasteiger charge is 2.48. The summed E-state index contributed by atoms with van der Waals surface area (Å²) in [5.74, 6) is -0.663. The minimum Gasteiger partial charge on any atom is -0.481 e. The number of hydrogen-bond donors (Lipinski definition) is 2. The summed E-state index contributed by atoms with van der Waals surface area (Å²) in [7, 11) is 0. The van der Waals surface area contributed by atoms with E-state index in [-0.39, 0.29) is 17.9 Å². The van der Waals surface area contributed by atoms with Crippen LogP contribution in [-0.2, 0) is 9.59 Å². The number of carbonyl (C=O) groups excluding carboxylic acids is 1. The van der Waals surface area contributed by atoms with Crippen LogP contribution in [-0.4, -0.2) is 34.0 Å². The van der Waals surface area contributed by atoms with Gasteiger partial charge in [-0.05, 0) is 12.8 Å². The Kier molecular flexibility index (Phi) is 2.91. The normalized spacial score (nSPS) is 38.7. The van der Waals surface area contributed by atoms with Gasteiger partial charge in [0, 0.05) is 17.0 Å². The Hall–Kier alpha value is -0.710. The first-order valence-corrected chi connectivity index (χ1v) is 6.27. The maximum atomic E-state index is 11.6. The summed E-state index contributed by atoms with van der Waals surface area (Å²) in [5, 5.41) is 12.2. The average Bonchev–Trinajstić information content (AvgIpc) is 2.86. The molecule has 2 aliphatic rings. The second-order valence-electron chi connectivity index (χ2n) is 4.37. The Morgan fingerprint density at radius 1 is 1.33 bits per heavy atom. The highest BCUT2D eigenvalue weighted by molar-refractivity contribution is 8.00. The van der Waals surface area contributed by atoms with Gasteiger partial charge in [-0.25, -0.2) is 0 Å². The third-order valence-electron chi connectivity index (χ3n) is 2.99. The topological polar surface area (TPSA) is 66.4 Å². The van der Waals surface area contributed by atoms with Crippen molar-refractivity contribution in [3.8, 4) is 0 Å². The van der Waals surface area contributed by atoms with Crippen LogP contribution in [0.2, 0.25) is 0 Å². The molecule has 5 heteroatoms. The van der Waals surface area contributed by atoms with Crippen molar-refractivity contribution < 1.29 is 14.7 Å². The third-order valence-corrected chi connectivity index (χ3v) is 4.35. The second-order valence-corrected chi connectivity index (χ2v) is 5.84. The number of nitrogens with one attached hydrogen (secondary N) is 1. The van der Waals surface area contributed by atoms with Crippen molar-refractivity contribution >= 4 is 23.6 Å². The Labute approximate surface area is 92.8 Å². The van der Waals surface area contributed by atoms with Gasteiger partial charge >= 0.3 is 5.97 Å². The lowest BCUT2D eigenvalue weighted by atomic mass is 10.2. The fraction of sp³-hybridized carbons (Fsp3) is 0.800. The second kappa shape index (κ2) is 4.04. The summed E-state index contributed by atoms with van der Waals surface area (Å²) < 4.78 is 0. The van der Waals surface area contributed by atoms with Crippen LogP contribution in [0.3, 0.4) is 0 Å². The highest BCUT2D eigenvalue weighted by atomic mass is 32.2. The minimum atomic E-state index is -0.843. The SMILES string of the molecule is CC1CC(NC(=O)[C@@H]2C[C@@H]2C(=O)O)CS1. The molecule has 1 saturated carbocycles. The van der Waals surface area contributed by atoms with Gasteiger partial charge < -0.3 is 10.4 Å². The molecule has 4 nitrogen and oxygen atoms in total. The smallest absolute Gasteiger partial charge is 0.307 e. The number of aliphatic carboxylic acids is 1. The van der Waals surface area contributed by atoms with Crippen molar-refractivity contribution in [1.82, 2.24) is 5.32 Å². The van der Waals surface area contributed by atoms with Crippen LogP contribution in [0.5, 0.6) is 0 Å². The lowest BCUT2D eigenvalue weighted by molar-refractivity contribution is -0.140. The molecule has 1 aliphatic carbocycles. The number of carboxylic acids is 1. The van der Waals surface area contributed by atoms with Crippen LogP contribution in [0.15, 0.2) is 0 Å². The van der Waals surface area contributed by atoms with Crippen LogP contribution in [0, 0.1) is 11.8 Å². The Morgan fingerprint density at radius 3 is 2.53 bits per heavy atom. The minimum absolute atomic E-state index is 0.0675. The quantitative estimate of drug-likeness (QED) is 0.748. The van der Waals surface area contributed by atoms with Gasteiger partial charge in [0.1, 0.15) is 0 Å². The van der Waals surface area contributed by atoms with E-state index in [0.717, 1.165) is 12.2 Å². The lowest BCUT2D eigenvalue weighted by Gasteiger charge is -2.10. The van der Waals surface area contributed by atoms with E-state index < -0.39 is 11.9 Å². The number of thioether (sulfide) groups is 1. The van der Waals surface area contributed by atoms with Crippen LogP contribution in [0.25, 0.3) is 0 Å². The Morgan fingerprint density at radius 2 is 2.07 bits per heavy atom. The molecule has 0 radical (unpaired) electrons. The standard InChI is InChI=1S/C10H15NO3S/c1-5-2-6(4-15-5)11-9(12)7-3-8(7)10(13)14/h5-8H,2-4H2,1H3,(H,11,12)(H,13,14)/t5?,6?,7-,8+/m1/s1. The summed E-state index contributed by atoms with van der Waals surface area (Å²) in [6.45, 7) is 2.15. The summed E-state index contributed by atoms with van der Waals surface area (Å²) >= 11 is 1.86. The number of rotatable bonds is 3. The molecule has 1 heterocycles. The summed E-state index contributed by atoms with van der Waals surface area (Å²) in [6.07, 6.45) is 1.51. The van der Waals surface area contributed by atoms with Crippen LogP contribution in [0.1, 0.15) is 19.8 Å². The van der Waals surface area contributed by atoms with E-state index >= 15 is 0 Å². The number of carbonyl (C=O) groups is 2. The first kappa shape index (κ1) is 10.8. The van der Waals surface area contributed by atoms with Crippen LogP contribution >= 0.6 is 11.8 Å². The first-order chi connectivity index (χ1) is 7.08. The van der Waals surface area contributed by atoms with Gasteiger partial charge in [0.2, 0.25) is 5.91 Å². The molecule has 0 spiro atoms. The zero-order valence-corrected chi connectivity index (χ0v) is 9.42. The van der Waals surface area contributed by atoms with Crippen molar-refractivity contribution in [2.45, 2.75) is 31.1 Å². The first-order valence-electron chi connectivity index (χ1n) is 5.22. The van der Waals surface area contributed by atoms with Gasteiger partial charge in [-0.2, -0.15) is 11.8 Å². The molecular weight excluding hydrogens is 214 g/mol. The van der Waals surface area contributed by atoms with Gasteiger partial charge in [0.25, 0.3) is 0 Å². The number of carboxylic acid groups (broad SMARTS) is 1. The fourth-order valence-corrected chi connectivity index (χ4v) is 3.13. The van der Waals surface area contributed by atoms with Gasteiger partial charge in [0.15, 0.2) is 0 Å². The highest BCUT2D eigenvalue weighted by Crippen LogP contribution is 2.39. The molecule has 1 aliphatic heterocycles. The van der Waals surface area contributed by atoms with E-state index in [2.05, 4.69) is 12.2 Å². The molecule has 84 valence electrons. The van der Waals surface area contributed by atoms with Gasteiger partial charge in [-0.1, -0.05) is 6.92 Å². The Balaban J connectivity index is 1.77. The summed E-state index contributed by atoms with van der Waals surface area (Å²) in [6, 6.07) is 0.243. The monoisotopic (exact) mass is 229 g/mol. The zero-order valence-electron chi connectivity index (χ0n) is 8.60. The van der Waals surface area contributed by atoms with Gasteiger partial charge in [-0.3, -0.25) is 9.59 Å².